The van der Waals surface area contributed by atoms with E-state index in [0.29, 0.717) is 9.98 Å². The van der Waals surface area contributed by atoms with Crippen molar-refractivity contribution in [2.75, 3.05) is 12.3 Å². The topological polar surface area (TPSA) is 0 Å². The Morgan fingerprint density at radius 3 is 0.603 bits per heavy atom. The predicted octanol–water partition coefficient (Wildman–Crippen LogP) is 11.6. The molecule has 2 atom stereocenters. The molecule has 0 bridgehead atoms. The molecule has 0 radical (unpaired) electrons. The highest BCUT2D eigenvalue weighted by Crippen LogP contribution is 2.60. The van der Waals surface area contributed by atoms with E-state index < -0.39 is 31.7 Å². The molecule has 8 rings (SSSR count). The van der Waals surface area contributed by atoms with Gasteiger partial charge in [0, 0.05) is 9.98 Å². The van der Waals surface area contributed by atoms with Gasteiger partial charge in [0.1, 0.15) is 0 Å². The van der Waals surface area contributed by atoms with Gasteiger partial charge in [-0.2, -0.15) is 0 Å². The SMILES string of the molecule is c1ccc(P(CC(SSC(CP(c2ccccc2)c2ccccc2)P(c2ccccc2)c2ccccc2)P(c2ccccc2)c2ccccc2)c2ccccc2)cc1. The Morgan fingerprint density at radius 1 is 0.241 bits per heavy atom. The van der Waals surface area contributed by atoms with Gasteiger partial charge in [-0.05, 0) is 86.4 Å². The molecule has 0 N–H and O–H groups in total. The molecule has 6 heteroatoms. The van der Waals surface area contributed by atoms with Crippen molar-refractivity contribution in [1.82, 2.24) is 0 Å². The Labute approximate surface area is 358 Å². The van der Waals surface area contributed by atoms with Crippen LogP contribution in [0, 0.1) is 0 Å². The predicted molar refractivity (Wildman–Crippen MR) is 269 cm³/mol. The van der Waals surface area contributed by atoms with Crippen molar-refractivity contribution < 1.29 is 0 Å². The Morgan fingerprint density at radius 2 is 0.414 bits per heavy atom. The van der Waals surface area contributed by atoms with Crippen molar-refractivity contribution in [3.8, 4) is 0 Å². The molecular weight excluding hydrogens is 813 g/mol. The first-order valence-electron chi connectivity index (χ1n) is 19.7. The summed E-state index contributed by atoms with van der Waals surface area (Å²) < 4.78 is 0. The Kier molecular flexibility index (Phi) is 15.1. The van der Waals surface area contributed by atoms with E-state index in [2.05, 4.69) is 264 Å². The maximum Gasteiger partial charge on any atom is 0.0478 e. The van der Waals surface area contributed by atoms with Crippen LogP contribution in [-0.4, -0.2) is 22.3 Å². The molecule has 58 heavy (non-hydrogen) atoms. The standard InChI is InChI=1S/C52H46P4S2/c1-9-25-43(26-10-1)53(44-27-11-2-12-28-44)41-51(55(47-33-17-5-18-34-47)48-35-19-6-20-36-48)57-58-52(56(49-37-21-7-22-38-49)50-39-23-8-24-40-50)42-54(45-29-13-3-14-30-45)46-31-15-4-16-32-46/h1-40,51-52H,41-42H2. The molecule has 0 heterocycles. The summed E-state index contributed by atoms with van der Waals surface area (Å²) in [5.74, 6) is 0. The van der Waals surface area contributed by atoms with Gasteiger partial charge < -0.3 is 0 Å². The molecule has 0 amide bonds. The maximum absolute atomic E-state index is 2.38. The lowest BCUT2D eigenvalue weighted by Gasteiger charge is -2.35. The van der Waals surface area contributed by atoms with Crippen molar-refractivity contribution in [2.45, 2.75) is 9.98 Å². The monoisotopic (exact) mass is 858 g/mol. The van der Waals surface area contributed by atoms with Gasteiger partial charge in [-0.3, -0.25) is 0 Å². The number of hydrogen-bond donors (Lipinski definition) is 0. The highest BCUT2D eigenvalue weighted by Gasteiger charge is 2.34. The van der Waals surface area contributed by atoms with Gasteiger partial charge in [-0.15, -0.1) is 0 Å². The van der Waals surface area contributed by atoms with Gasteiger partial charge >= 0.3 is 0 Å². The number of hydrogen-bond acceptors (Lipinski definition) is 2. The minimum absolute atomic E-state index is 0.349. The van der Waals surface area contributed by atoms with Crippen molar-refractivity contribution in [3.05, 3.63) is 243 Å². The summed E-state index contributed by atoms with van der Waals surface area (Å²) in [6.45, 7) is 0. The first kappa shape index (κ1) is 40.9. The van der Waals surface area contributed by atoms with Crippen LogP contribution >= 0.6 is 53.3 Å². The number of rotatable bonds is 17. The molecule has 0 spiro atoms. The molecule has 0 aliphatic carbocycles. The fourth-order valence-electron chi connectivity index (χ4n) is 7.22. The normalized spacial score (nSPS) is 12.6. The molecule has 0 aliphatic heterocycles. The van der Waals surface area contributed by atoms with Crippen LogP contribution in [-0.2, 0) is 0 Å². The minimum Gasteiger partial charge on any atom is -0.0842 e. The van der Waals surface area contributed by atoms with Gasteiger partial charge in [0.15, 0.2) is 0 Å². The fourth-order valence-corrected chi connectivity index (χ4v) is 25.7. The van der Waals surface area contributed by atoms with Gasteiger partial charge in [-0.1, -0.05) is 264 Å². The van der Waals surface area contributed by atoms with Gasteiger partial charge in [0.25, 0.3) is 0 Å². The third kappa shape index (κ3) is 10.7. The molecule has 0 saturated heterocycles. The van der Waals surface area contributed by atoms with Crippen LogP contribution in [0.25, 0.3) is 0 Å². The quantitative estimate of drug-likeness (QED) is 0.0661. The number of benzene rings is 8. The average molecular weight is 859 g/mol. The lowest BCUT2D eigenvalue weighted by molar-refractivity contribution is 1.41. The Hall–Kier alpha value is -3.82. The zero-order chi connectivity index (χ0) is 39.2. The molecule has 0 saturated carbocycles. The van der Waals surface area contributed by atoms with Crippen molar-refractivity contribution in [3.63, 3.8) is 0 Å². The average Bonchev–Trinajstić information content (AvgIpc) is 3.31. The molecule has 0 nitrogen and oxygen atoms in total. The van der Waals surface area contributed by atoms with E-state index in [1.807, 2.05) is 0 Å². The van der Waals surface area contributed by atoms with Crippen LogP contribution in [0.2, 0.25) is 0 Å². The van der Waals surface area contributed by atoms with E-state index in [1.54, 1.807) is 0 Å². The molecule has 8 aromatic rings. The molecule has 0 aromatic heterocycles. The van der Waals surface area contributed by atoms with Crippen molar-refractivity contribution in [2.24, 2.45) is 0 Å². The Balaban J connectivity index is 1.26. The zero-order valence-electron chi connectivity index (χ0n) is 32.3. The molecule has 286 valence electrons. The van der Waals surface area contributed by atoms with Crippen LogP contribution in [0.4, 0.5) is 0 Å². The van der Waals surface area contributed by atoms with E-state index in [9.17, 15) is 0 Å². The van der Waals surface area contributed by atoms with Crippen LogP contribution in [0.1, 0.15) is 0 Å². The third-order valence-corrected chi connectivity index (χ3v) is 26.5. The lowest BCUT2D eigenvalue weighted by atomic mass is 10.4. The summed E-state index contributed by atoms with van der Waals surface area (Å²) in [4.78, 5) is 0.698. The van der Waals surface area contributed by atoms with Crippen LogP contribution in [0.5, 0.6) is 0 Å². The summed E-state index contributed by atoms with van der Waals surface area (Å²) in [6.07, 6.45) is 2.17. The summed E-state index contributed by atoms with van der Waals surface area (Å²) in [5, 5.41) is 11.5. The summed E-state index contributed by atoms with van der Waals surface area (Å²) in [5.41, 5.74) is 0. The second-order valence-electron chi connectivity index (χ2n) is 13.7. The summed E-state index contributed by atoms with van der Waals surface area (Å²) >= 11 is 0. The summed E-state index contributed by atoms with van der Waals surface area (Å²) in [7, 11) is 1.65. The Bertz CT molecular complexity index is 2030. The van der Waals surface area contributed by atoms with Crippen molar-refractivity contribution in [1.29, 1.82) is 0 Å². The molecular formula is C52H46P4S2. The zero-order valence-corrected chi connectivity index (χ0v) is 37.5. The van der Waals surface area contributed by atoms with E-state index in [4.69, 9.17) is 0 Å². The highest BCUT2D eigenvalue weighted by atomic mass is 33.1. The fraction of sp³-hybridized carbons (Fsp3) is 0.0769. The first-order valence-corrected chi connectivity index (χ1v) is 27.8. The molecule has 2 unspecified atom stereocenters. The van der Waals surface area contributed by atoms with Crippen molar-refractivity contribution >= 4 is 95.7 Å². The van der Waals surface area contributed by atoms with Crippen LogP contribution < -0.4 is 42.4 Å². The van der Waals surface area contributed by atoms with Crippen LogP contribution in [0.3, 0.4) is 0 Å². The molecule has 0 fully saturated rings. The van der Waals surface area contributed by atoms with Gasteiger partial charge in [0.2, 0.25) is 0 Å². The first-order chi connectivity index (χ1) is 28.8. The maximum atomic E-state index is 2.38. The third-order valence-electron chi connectivity index (χ3n) is 9.94. The molecule has 0 aliphatic rings. The second kappa shape index (κ2) is 21.4. The van der Waals surface area contributed by atoms with E-state index in [0.717, 1.165) is 12.3 Å². The van der Waals surface area contributed by atoms with Gasteiger partial charge in [0.05, 0.1) is 0 Å². The summed E-state index contributed by atoms with van der Waals surface area (Å²) in [6, 6.07) is 90.9. The molecule has 8 aromatic carbocycles. The van der Waals surface area contributed by atoms with E-state index in [1.165, 1.54) is 42.4 Å². The second-order valence-corrected chi connectivity index (χ2v) is 26.4. The lowest BCUT2D eigenvalue weighted by Crippen LogP contribution is -2.27. The largest absolute Gasteiger partial charge is 0.0842 e. The smallest absolute Gasteiger partial charge is 0.0478 e. The highest BCUT2D eigenvalue weighted by molar-refractivity contribution is 8.79. The van der Waals surface area contributed by atoms with E-state index in [-0.39, 0.29) is 0 Å². The van der Waals surface area contributed by atoms with E-state index >= 15 is 0 Å². The van der Waals surface area contributed by atoms with Gasteiger partial charge in [-0.25, -0.2) is 0 Å². The minimum atomic E-state index is -0.723. The van der Waals surface area contributed by atoms with Crippen LogP contribution in [0.15, 0.2) is 243 Å².